The molecular formula is C18H26N4OSSi. The first kappa shape index (κ1) is 17.9. The van der Waals surface area contributed by atoms with Gasteiger partial charge in [-0.05, 0) is 19.1 Å². The number of urea groups is 1. The Morgan fingerprint density at radius 3 is 2.52 bits per heavy atom. The first-order valence-corrected chi connectivity index (χ1v) is 13.0. The third-order valence-electron chi connectivity index (χ3n) is 4.58. The number of amides is 2. The van der Waals surface area contributed by atoms with Crippen molar-refractivity contribution >= 4 is 41.4 Å². The topological polar surface area (TPSA) is 48.5 Å². The van der Waals surface area contributed by atoms with Gasteiger partial charge in [0.2, 0.25) is 0 Å². The maximum absolute atomic E-state index is 12.6. The summed E-state index contributed by atoms with van der Waals surface area (Å²) in [7, 11) is -1.31. The molecule has 1 aliphatic heterocycles. The Hall–Kier alpha value is -1.86. The number of hydrogen-bond acceptors (Lipinski definition) is 4. The Kier molecular flexibility index (Phi) is 5.15. The molecule has 3 rings (SSSR count). The number of nitrogens with one attached hydrogen (secondary N) is 1. The van der Waals surface area contributed by atoms with E-state index in [1.165, 1.54) is 5.19 Å². The first-order valence-electron chi connectivity index (χ1n) is 8.67. The van der Waals surface area contributed by atoms with Crippen molar-refractivity contribution in [2.75, 3.05) is 29.9 Å². The van der Waals surface area contributed by atoms with Gasteiger partial charge in [-0.15, -0.1) is 11.3 Å². The molecule has 1 aromatic heterocycles. The summed E-state index contributed by atoms with van der Waals surface area (Å²) in [6.45, 7) is 11.4. The molecule has 0 unspecified atom stereocenters. The lowest BCUT2D eigenvalue weighted by molar-refractivity contribution is 0.185. The van der Waals surface area contributed by atoms with Gasteiger partial charge in [-0.1, -0.05) is 37.0 Å². The fourth-order valence-corrected chi connectivity index (χ4v) is 4.90. The van der Waals surface area contributed by atoms with Crippen LogP contribution < -0.4 is 15.4 Å². The van der Waals surface area contributed by atoms with Crippen LogP contribution in [0.25, 0.3) is 0 Å². The van der Waals surface area contributed by atoms with E-state index in [1.807, 2.05) is 28.6 Å². The van der Waals surface area contributed by atoms with Gasteiger partial charge >= 0.3 is 6.03 Å². The Bertz CT molecular complexity index is 712. The van der Waals surface area contributed by atoms with Gasteiger partial charge < -0.3 is 15.1 Å². The number of piperazine rings is 1. The van der Waals surface area contributed by atoms with Crippen LogP contribution in [0, 0.1) is 0 Å². The molecule has 1 aromatic carbocycles. The van der Waals surface area contributed by atoms with Crippen LogP contribution in [0.2, 0.25) is 19.6 Å². The summed E-state index contributed by atoms with van der Waals surface area (Å²) < 4.78 is 0. The Balaban J connectivity index is 1.60. The van der Waals surface area contributed by atoms with Crippen LogP contribution in [0.5, 0.6) is 0 Å². The average Bonchev–Trinajstić information content (AvgIpc) is 3.08. The van der Waals surface area contributed by atoms with Gasteiger partial charge in [0, 0.05) is 42.9 Å². The second-order valence-corrected chi connectivity index (χ2v) is 13.5. The van der Waals surface area contributed by atoms with E-state index in [9.17, 15) is 4.79 Å². The van der Waals surface area contributed by atoms with Crippen LogP contribution >= 0.6 is 11.3 Å². The van der Waals surface area contributed by atoms with Crippen molar-refractivity contribution in [2.24, 2.45) is 0 Å². The minimum absolute atomic E-state index is 0.0213. The molecule has 1 aliphatic rings. The molecule has 1 saturated heterocycles. The lowest BCUT2D eigenvalue weighted by Gasteiger charge is -2.39. The highest BCUT2D eigenvalue weighted by Crippen LogP contribution is 2.22. The zero-order valence-electron chi connectivity index (χ0n) is 15.3. The first-order chi connectivity index (χ1) is 11.8. The maximum atomic E-state index is 12.6. The molecule has 0 aliphatic carbocycles. The number of carbonyl (C=O) groups excluding carboxylic acids is 1. The number of thiazole rings is 1. The average molecular weight is 375 g/mol. The lowest BCUT2D eigenvalue weighted by Crippen LogP contribution is -2.55. The monoisotopic (exact) mass is 374 g/mol. The van der Waals surface area contributed by atoms with Gasteiger partial charge in [-0.3, -0.25) is 0 Å². The van der Waals surface area contributed by atoms with Crippen molar-refractivity contribution in [2.45, 2.75) is 32.6 Å². The fourth-order valence-electron chi connectivity index (χ4n) is 3.05. The van der Waals surface area contributed by atoms with Crippen molar-refractivity contribution in [3.8, 4) is 0 Å². The van der Waals surface area contributed by atoms with E-state index in [4.69, 9.17) is 0 Å². The van der Waals surface area contributed by atoms with Crippen molar-refractivity contribution < 1.29 is 4.79 Å². The fraction of sp³-hybridized carbons (Fsp3) is 0.444. The molecular weight excluding hydrogens is 348 g/mol. The van der Waals surface area contributed by atoms with E-state index in [0.29, 0.717) is 6.54 Å². The maximum Gasteiger partial charge on any atom is 0.322 e. The van der Waals surface area contributed by atoms with Gasteiger partial charge in [0.25, 0.3) is 0 Å². The Morgan fingerprint density at radius 1 is 1.24 bits per heavy atom. The number of aromatic nitrogens is 1. The molecule has 7 heteroatoms. The van der Waals surface area contributed by atoms with Gasteiger partial charge in [0.05, 0.1) is 8.07 Å². The molecule has 0 bridgehead atoms. The van der Waals surface area contributed by atoms with Gasteiger partial charge in [-0.2, -0.15) is 0 Å². The molecule has 2 aromatic rings. The number of nitrogens with zero attached hydrogens (tertiary/aromatic N) is 3. The molecule has 25 heavy (non-hydrogen) atoms. The SMILES string of the molecule is C[C@@H]1CN(c2nccs2)CCN1C(=O)Nc1ccc([Si](C)(C)C)cc1. The van der Waals surface area contributed by atoms with Crippen molar-refractivity contribution in [3.05, 3.63) is 35.8 Å². The van der Waals surface area contributed by atoms with E-state index in [2.05, 4.69) is 53.9 Å². The molecule has 0 saturated carbocycles. The van der Waals surface area contributed by atoms with Crippen molar-refractivity contribution in [1.82, 2.24) is 9.88 Å². The second-order valence-electron chi connectivity index (χ2n) is 7.56. The summed E-state index contributed by atoms with van der Waals surface area (Å²) in [5, 5.41) is 7.47. The summed E-state index contributed by atoms with van der Waals surface area (Å²) in [6, 6.07) is 8.45. The highest BCUT2D eigenvalue weighted by Gasteiger charge is 2.28. The van der Waals surface area contributed by atoms with Crippen LogP contribution in [-0.2, 0) is 0 Å². The van der Waals surface area contributed by atoms with Gasteiger partial charge in [0.15, 0.2) is 5.13 Å². The molecule has 0 spiro atoms. The van der Waals surface area contributed by atoms with E-state index in [1.54, 1.807) is 11.3 Å². The number of anilines is 2. The third-order valence-corrected chi connectivity index (χ3v) is 7.48. The minimum Gasteiger partial charge on any atom is -0.344 e. The number of benzene rings is 1. The van der Waals surface area contributed by atoms with Crippen LogP contribution in [0.3, 0.4) is 0 Å². The predicted molar refractivity (Wildman–Crippen MR) is 109 cm³/mol. The lowest BCUT2D eigenvalue weighted by atomic mass is 10.2. The summed E-state index contributed by atoms with van der Waals surface area (Å²) in [5.74, 6) is 0. The second kappa shape index (κ2) is 7.17. The standard InChI is InChI=1S/C18H26N4OSSi/c1-14-13-21(18-19-9-12-24-18)10-11-22(14)17(23)20-15-5-7-16(8-6-15)25(2,3)4/h5-9,12,14H,10-11,13H2,1-4H3,(H,20,23)/t14-/m1/s1. The summed E-state index contributed by atoms with van der Waals surface area (Å²) in [5.41, 5.74) is 0.863. The molecule has 5 nitrogen and oxygen atoms in total. The number of carbonyl (C=O) groups is 1. The predicted octanol–water partition coefficient (Wildman–Crippen LogP) is 3.43. The van der Waals surface area contributed by atoms with E-state index in [0.717, 1.165) is 23.9 Å². The minimum atomic E-state index is -1.31. The molecule has 1 fully saturated rings. The van der Waals surface area contributed by atoms with Crippen molar-refractivity contribution in [3.63, 3.8) is 0 Å². The third kappa shape index (κ3) is 4.22. The summed E-state index contributed by atoms with van der Waals surface area (Å²) >= 11 is 1.65. The van der Waals surface area contributed by atoms with Crippen molar-refractivity contribution in [1.29, 1.82) is 0 Å². The molecule has 0 radical (unpaired) electrons. The highest BCUT2D eigenvalue weighted by atomic mass is 32.1. The van der Waals surface area contributed by atoms with E-state index >= 15 is 0 Å². The van der Waals surface area contributed by atoms with Gasteiger partial charge in [-0.25, -0.2) is 9.78 Å². The summed E-state index contributed by atoms with van der Waals surface area (Å²) in [4.78, 5) is 21.2. The molecule has 2 amide bonds. The van der Waals surface area contributed by atoms with E-state index in [-0.39, 0.29) is 12.1 Å². The smallest absolute Gasteiger partial charge is 0.322 e. The molecule has 2 heterocycles. The molecule has 134 valence electrons. The molecule has 1 atom stereocenters. The zero-order chi connectivity index (χ0) is 18.0. The molecule has 1 N–H and O–H groups in total. The van der Waals surface area contributed by atoms with Crippen LogP contribution in [0.4, 0.5) is 15.6 Å². The van der Waals surface area contributed by atoms with Crippen LogP contribution in [-0.4, -0.2) is 49.7 Å². The largest absolute Gasteiger partial charge is 0.344 e. The van der Waals surface area contributed by atoms with Crippen LogP contribution in [0.1, 0.15) is 6.92 Å². The highest BCUT2D eigenvalue weighted by molar-refractivity contribution is 7.13. The Morgan fingerprint density at radius 2 is 1.96 bits per heavy atom. The summed E-state index contributed by atoms with van der Waals surface area (Å²) in [6.07, 6.45) is 1.83. The Labute approximate surface area is 154 Å². The number of rotatable bonds is 3. The van der Waals surface area contributed by atoms with E-state index < -0.39 is 8.07 Å². The number of hydrogen-bond donors (Lipinski definition) is 1. The van der Waals surface area contributed by atoms with Crippen LogP contribution in [0.15, 0.2) is 35.8 Å². The zero-order valence-corrected chi connectivity index (χ0v) is 17.1. The normalized spacial score (nSPS) is 18.3. The quantitative estimate of drug-likeness (QED) is 0.838. The van der Waals surface area contributed by atoms with Gasteiger partial charge in [0.1, 0.15) is 0 Å².